The number of aryl methyl sites for hydroxylation is 2. The molecule has 2 aromatic carbocycles. The van der Waals surface area contributed by atoms with Crippen molar-refractivity contribution in [3.05, 3.63) is 88.1 Å². The van der Waals surface area contributed by atoms with Crippen LogP contribution in [0.4, 0.5) is 0 Å². The average Bonchev–Trinajstić information content (AvgIpc) is 2.80. The molecule has 0 bridgehead atoms. The van der Waals surface area contributed by atoms with Crippen LogP contribution in [-0.4, -0.2) is 42.9 Å². The predicted octanol–water partition coefficient (Wildman–Crippen LogP) is 4.75. The first kappa shape index (κ1) is 22.7. The number of nitrogens with zero attached hydrogens (tertiary/aromatic N) is 2. The van der Waals surface area contributed by atoms with Gasteiger partial charge in [-0.2, -0.15) is 0 Å². The van der Waals surface area contributed by atoms with Crippen molar-refractivity contribution >= 4 is 9.84 Å². The standard InChI is InChI=1S/C27H32N2O2S/c1-4-32(30,31)15-14-29-13-12-25-23(6-5-7-24(25)19-29)16-22-10-9-21(3)26(17-22)27-11-8-20(2)18-28-27/h5-11,17-18H,4,12-16,19H2,1-3H3. The second-order valence-corrected chi connectivity index (χ2v) is 11.3. The Hall–Kier alpha value is -2.50. The van der Waals surface area contributed by atoms with Crippen LogP contribution in [0.1, 0.15) is 40.3 Å². The van der Waals surface area contributed by atoms with Crippen molar-refractivity contribution in [1.82, 2.24) is 9.88 Å². The van der Waals surface area contributed by atoms with E-state index in [0.717, 1.165) is 31.6 Å². The topological polar surface area (TPSA) is 50.3 Å². The normalized spacial score (nSPS) is 14.3. The number of aromatic nitrogens is 1. The van der Waals surface area contributed by atoms with Crippen LogP contribution < -0.4 is 0 Å². The van der Waals surface area contributed by atoms with Gasteiger partial charge in [-0.15, -0.1) is 0 Å². The van der Waals surface area contributed by atoms with Crippen LogP contribution in [0.25, 0.3) is 11.3 Å². The molecule has 0 radical (unpaired) electrons. The van der Waals surface area contributed by atoms with Gasteiger partial charge < -0.3 is 0 Å². The Bertz CT molecular complexity index is 1200. The van der Waals surface area contributed by atoms with Gasteiger partial charge in [0.2, 0.25) is 0 Å². The summed E-state index contributed by atoms with van der Waals surface area (Å²) in [6, 6.07) is 17.5. The smallest absolute Gasteiger partial charge is 0.151 e. The summed E-state index contributed by atoms with van der Waals surface area (Å²) in [7, 11) is -2.92. The van der Waals surface area contributed by atoms with Crippen LogP contribution in [0.15, 0.2) is 54.7 Å². The van der Waals surface area contributed by atoms with Gasteiger partial charge >= 0.3 is 0 Å². The number of hydrogen-bond acceptors (Lipinski definition) is 4. The minimum Gasteiger partial charge on any atom is -0.298 e. The van der Waals surface area contributed by atoms with Crippen LogP contribution in [0, 0.1) is 13.8 Å². The largest absolute Gasteiger partial charge is 0.298 e. The molecule has 1 aliphatic heterocycles. The van der Waals surface area contributed by atoms with Gasteiger partial charge in [0.05, 0.1) is 11.4 Å². The highest BCUT2D eigenvalue weighted by molar-refractivity contribution is 7.91. The molecule has 0 saturated carbocycles. The summed E-state index contributed by atoms with van der Waals surface area (Å²) in [5.74, 6) is 0.468. The van der Waals surface area contributed by atoms with Crippen LogP contribution in [0.5, 0.6) is 0 Å². The minimum absolute atomic E-state index is 0.220. The summed E-state index contributed by atoms with van der Waals surface area (Å²) in [5.41, 5.74) is 10.0. The summed E-state index contributed by atoms with van der Waals surface area (Å²) in [4.78, 5) is 6.90. The quantitative estimate of drug-likeness (QED) is 0.523. The average molecular weight is 449 g/mol. The molecule has 0 unspecified atom stereocenters. The third-order valence-electron chi connectivity index (χ3n) is 6.48. The van der Waals surface area contributed by atoms with Crippen molar-refractivity contribution in [1.29, 1.82) is 0 Å². The Labute approximate surface area is 192 Å². The molecule has 0 spiro atoms. The maximum Gasteiger partial charge on any atom is 0.151 e. The Morgan fingerprint density at radius 2 is 1.91 bits per heavy atom. The molecule has 3 aromatic rings. The SMILES string of the molecule is CCS(=O)(=O)CCN1CCc2c(Cc3ccc(C)c(-c4ccc(C)cn4)c3)cccc2C1. The van der Waals surface area contributed by atoms with Crippen LogP contribution in [0.2, 0.25) is 0 Å². The first-order chi connectivity index (χ1) is 15.3. The second kappa shape index (κ2) is 9.55. The van der Waals surface area contributed by atoms with E-state index in [0.29, 0.717) is 6.54 Å². The van der Waals surface area contributed by atoms with E-state index in [-0.39, 0.29) is 11.5 Å². The molecule has 0 atom stereocenters. The van der Waals surface area contributed by atoms with Crippen molar-refractivity contribution in [3.8, 4) is 11.3 Å². The molecule has 0 aliphatic carbocycles. The van der Waals surface area contributed by atoms with Crippen molar-refractivity contribution in [2.45, 2.75) is 40.2 Å². The number of hydrogen-bond donors (Lipinski definition) is 0. The lowest BCUT2D eigenvalue weighted by molar-refractivity contribution is 0.268. The molecule has 168 valence electrons. The van der Waals surface area contributed by atoms with Gasteiger partial charge in [0, 0.05) is 37.1 Å². The monoisotopic (exact) mass is 448 g/mol. The van der Waals surface area contributed by atoms with Crippen LogP contribution >= 0.6 is 0 Å². The molecule has 0 saturated heterocycles. The van der Waals surface area contributed by atoms with Crippen molar-refractivity contribution < 1.29 is 8.42 Å². The first-order valence-electron chi connectivity index (χ1n) is 11.4. The lowest BCUT2D eigenvalue weighted by Gasteiger charge is -2.30. The second-order valence-electron chi connectivity index (χ2n) is 8.86. The fraction of sp³-hybridized carbons (Fsp3) is 0.370. The molecule has 4 nitrogen and oxygen atoms in total. The highest BCUT2D eigenvalue weighted by Gasteiger charge is 2.20. The zero-order valence-electron chi connectivity index (χ0n) is 19.3. The Balaban J connectivity index is 1.53. The van der Waals surface area contributed by atoms with E-state index >= 15 is 0 Å². The van der Waals surface area contributed by atoms with Crippen molar-refractivity contribution in [3.63, 3.8) is 0 Å². The summed E-state index contributed by atoms with van der Waals surface area (Å²) in [6.45, 7) is 8.27. The fourth-order valence-electron chi connectivity index (χ4n) is 4.42. The van der Waals surface area contributed by atoms with E-state index in [1.54, 1.807) is 6.92 Å². The lowest BCUT2D eigenvalue weighted by Crippen LogP contribution is -2.35. The van der Waals surface area contributed by atoms with E-state index in [4.69, 9.17) is 0 Å². The third kappa shape index (κ3) is 5.28. The number of fused-ring (bicyclic) bond motifs is 1. The molecule has 4 rings (SSSR count). The van der Waals surface area contributed by atoms with Gasteiger partial charge in [-0.3, -0.25) is 9.88 Å². The zero-order chi connectivity index (χ0) is 22.7. The van der Waals surface area contributed by atoms with Gasteiger partial charge in [0.15, 0.2) is 9.84 Å². The predicted molar refractivity (Wildman–Crippen MR) is 132 cm³/mol. The maximum atomic E-state index is 11.9. The fourth-order valence-corrected chi connectivity index (χ4v) is 5.24. The molecular weight excluding hydrogens is 416 g/mol. The Morgan fingerprint density at radius 3 is 2.66 bits per heavy atom. The Morgan fingerprint density at radius 1 is 1.06 bits per heavy atom. The first-order valence-corrected chi connectivity index (χ1v) is 13.2. The van der Waals surface area contributed by atoms with E-state index in [2.05, 4.69) is 72.3 Å². The van der Waals surface area contributed by atoms with Crippen molar-refractivity contribution in [2.24, 2.45) is 0 Å². The lowest BCUT2D eigenvalue weighted by atomic mass is 9.90. The van der Waals surface area contributed by atoms with Gasteiger partial charge in [-0.25, -0.2) is 8.42 Å². The highest BCUT2D eigenvalue weighted by Crippen LogP contribution is 2.28. The summed E-state index contributed by atoms with van der Waals surface area (Å²) in [6.07, 6.45) is 3.79. The molecule has 0 fully saturated rings. The van der Waals surface area contributed by atoms with E-state index in [1.807, 2.05) is 6.20 Å². The minimum atomic E-state index is -2.92. The third-order valence-corrected chi connectivity index (χ3v) is 8.17. The van der Waals surface area contributed by atoms with Gasteiger partial charge in [-0.05, 0) is 72.2 Å². The molecule has 1 aromatic heterocycles. The summed E-state index contributed by atoms with van der Waals surface area (Å²) >= 11 is 0. The van der Waals surface area contributed by atoms with E-state index < -0.39 is 9.84 Å². The maximum absolute atomic E-state index is 11.9. The molecule has 32 heavy (non-hydrogen) atoms. The molecular formula is C27H32N2O2S. The van der Waals surface area contributed by atoms with E-state index in [1.165, 1.54) is 38.9 Å². The van der Waals surface area contributed by atoms with Gasteiger partial charge in [0.1, 0.15) is 0 Å². The van der Waals surface area contributed by atoms with Crippen LogP contribution in [0.3, 0.4) is 0 Å². The summed E-state index contributed by atoms with van der Waals surface area (Å²) in [5, 5.41) is 0. The molecule has 1 aliphatic rings. The number of rotatable bonds is 7. The highest BCUT2D eigenvalue weighted by atomic mass is 32.2. The summed E-state index contributed by atoms with van der Waals surface area (Å²) < 4.78 is 23.8. The number of pyridine rings is 1. The number of benzene rings is 2. The Kier molecular flexibility index (Phi) is 6.77. The van der Waals surface area contributed by atoms with Gasteiger partial charge in [0.25, 0.3) is 0 Å². The molecule has 0 amide bonds. The number of sulfone groups is 1. The van der Waals surface area contributed by atoms with Crippen molar-refractivity contribution in [2.75, 3.05) is 24.6 Å². The van der Waals surface area contributed by atoms with E-state index in [9.17, 15) is 8.42 Å². The zero-order valence-corrected chi connectivity index (χ0v) is 20.1. The van der Waals surface area contributed by atoms with Gasteiger partial charge in [-0.1, -0.05) is 43.3 Å². The molecule has 0 N–H and O–H groups in total. The van der Waals surface area contributed by atoms with Crippen LogP contribution in [-0.2, 0) is 29.2 Å². The molecule has 2 heterocycles. The molecule has 5 heteroatoms.